The third kappa shape index (κ3) is 5.12. The van der Waals surface area contributed by atoms with Crippen molar-refractivity contribution in [3.05, 3.63) is 109 Å². The van der Waals surface area contributed by atoms with Crippen LogP contribution in [-0.2, 0) is 16.2 Å². The Morgan fingerprint density at radius 3 is 2.39 bits per heavy atom. The first-order valence-corrected chi connectivity index (χ1v) is 13.5. The molecule has 38 heavy (non-hydrogen) atoms. The number of amides is 4. The predicted octanol–water partition coefficient (Wildman–Crippen LogP) is 7.57. The van der Waals surface area contributed by atoms with Gasteiger partial charge in [-0.25, -0.2) is 9.69 Å². The van der Waals surface area contributed by atoms with Crippen LogP contribution in [0.3, 0.4) is 0 Å². The second-order valence-electron chi connectivity index (χ2n) is 8.63. The molecule has 1 N–H and O–H groups in total. The maximum absolute atomic E-state index is 13.2. The minimum absolute atomic E-state index is 0.190. The molecule has 4 aromatic carbocycles. The van der Waals surface area contributed by atoms with Crippen LogP contribution >= 0.6 is 43.5 Å². The quantitative estimate of drug-likeness (QED) is 0.178. The summed E-state index contributed by atoms with van der Waals surface area (Å²) < 4.78 is 7.38. The molecule has 0 aliphatic carbocycles. The van der Waals surface area contributed by atoms with E-state index in [1.54, 1.807) is 24.3 Å². The third-order valence-corrected chi connectivity index (χ3v) is 7.68. The lowest BCUT2D eigenvalue weighted by Gasteiger charge is -2.26. The molecule has 1 heterocycles. The molecule has 1 aliphatic heterocycles. The van der Waals surface area contributed by atoms with Gasteiger partial charge in [-0.3, -0.25) is 14.9 Å². The molecule has 190 valence electrons. The Balaban J connectivity index is 1.42. The van der Waals surface area contributed by atoms with Crippen molar-refractivity contribution in [2.45, 2.75) is 13.5 Å². The summed E-state index contributed by atoms with van der Waals surface area (Å²) in [5.41, 5.74) is 2.46. The zero-order chi connectivity index (χ0) is 27.0. The summed E-state index contributed by atoms with van der Waals surface area (Å²) in [5.74, 6) is -0.953. The van der Waals surface area contributed by atoms with E-state index < -0.39 is 17.8 Å². The molecule has 1 aliphatic rings. The minimum atomic E-state index is -0.836. The highest BCUT2D eigenvalue weighted by Gasteiger charge is 2.37. The molecule has 0 saturated carbocycles. The third-order valence-electron chi connectivity index (χ3n) is 6.10. The summed E-state index contributed by atoms with van der Waals surface area (Å²) in [4.78, 5) is 39.2. The van der Waals surface area contributed by atoms with E-state index in [1.807, 2.05) is 31.2 Å². The number of hydrogen-bond donors (Lipinski definition) is 1. The minimum Gasteiger partial charge on any atom is -0.487 e. The molecule has 9 heteroatoms. The number of aryl methyl sites for hydroxylation is 1. The van der Waals surface area contributed by atoms with Gasteiger partial charge in [-0.05, 0) is 96.6 Å². The average Bonchev–Trinajstić information content (AvgIpc) is 2.88. The number of carbonyl (C=O) groups is 3. The van der Waals surface area contributed by atoms with E-state index >= 15 is 0 Å². The number of rotatable bonds is 5. The van der Waals surface area contributed by atoms with Gasteiger partial charge in [-0.2, -0.15) is 0 Å². The molecule has 1 fully saturated rings. The number of urea groups is 1. The number of benzene rings is 4. The summed E-state index contributed by atoms with van der Waals surface area (Å²) in [7, 11) is 0. The highest BCUT2D eigenvalue weighted by atomic mass is 79.9. The monoisotopic (exact) mass is 652 g/mol. The fraction of sp³-hybridized carbons (Fsp3) is 0.0690. The smallest absolute Gasteiger partial charge is 0.335 e. The van der Waals surface area contributed by atoms with Gasteiger partial charge in [0.1, 0.15) is 17.9 Å². The molecule has 1 saturated heterocycles. The van der Waals surface area contributed by atoms with Gasteiger partial charge in [0.15, 0.2) is 0 Å². The van der Waals surface area contributed by atoms with Crippen molar-refractivity contribution in [3.63, 3.8) is 0 Å². The molecule has 0 atom stereocenters. The number of fused-ring (bicyclic) bond motifs is 1. The van der Waals surface area contributed by atoms with Crippen molar-refractivity contribution in [1.29, 1.82) is 0 Å². The lowest BCUT2D eigenvalue weighted by Crippen LogP contribution is -2.54. The average molecular weight is 655 g/mol. The van der Waals surface area contributed by atoms with Crippen molar-refractivity contribution in [3.8, 4) is 5.75 Å². The van der Waals surface area contributed by atoms with Gasteiger partial charge in [0.05, 0.1) is 14.6 Å². The Labute approximate surface area is 240 Å². The van der Waals surface area contributed by atoms with E-state index in [1.165, 1.54) is 12.1 Å². The van der Waals surface area contributed by atoms with Crippen LogP contribution in [0.1, 0.15) is 16.7 Å². The van der Waals surface area contributed by atoms with Crippen LogP contribution in [0.15, 0.2) is 87.3 Å². The first kappa shape index (κ1) is 26.2. The van der Waals surface area contributed by atoms with Gasteiger partial charge in [0, 0.05) is 5.02 Å². The number of nitrogens with zero attached hydrogens (tertiary/aromatic N) is 1. The lowest BCUT2D eigenvalue weighted by atomic mass is 10.1. The number of hydrogen-bond acceptors (Lipinski definition) is 4. The van der Waals surface area contributed by atoms with E-state index in [0.29, 0.717) is 31.9 Å². The van der Waals surface area contributed by atoms with Crippen LogP contribution in [0.4, 0.5) is 10.5 Å². The molecule has 4 aromatic rings. The number of imide groups is 2. The molecule has 0 unspecified atom stereocenters. The fourth-order valence-electron chi connectivity index (χ4n) is 4.15. The van der Waals surface area contributed by atoms with Gasteiger partial charge >= 0.3 is 6.03 Å². The second-order valence-corrected chi connectivity index (χ2v) is 10.7. The van der Waals surface area contributed by atoms with Gasteiger partial charge in [-0.15, -0.1) is 0 Å². The van der Waals surface area contributed by atoms with Crippen molar-refractivity contribution >= 4 is 83.8 Å². The summed E-state index contributed by atoms with van der Waals surface area (Å²) in [5, 5.41) is 4.86. The van der Waals surface area contributed by atoms with Gasteiger partial charge in [-0.1, -0.05) is 60.1 Å². The second kappa shape index (κ2) is 10.7. The van der Waals surface area contributed by atoms with Gasteiger partial charge < -0.3 is 4.74 Å². The molecule has 0 bridgehead atoms. The molecule has 5 rings (SSSR count). The summed E-state index contributed by atoms with van der Waals surface area (Å²) in [6.07, 6.45) is 1.43. The number of ether oxygens (including phenoxy) is 1. The Morgan fingerprint density at radius 1 is 0.947 bits per heavy atom. The van der Waals surface area contributed by atoms with Crippen molar-refractivity contribution in [2.24, 2.45) is 0 Å². The van der Waals surface area contributed by atoms with Crippen LogP contribution in [0.25, 0.3) is 16.8 Å². The summed E-state index contributed by atoms with van der Waals surface area (Å²) >= 11 is 13.3. The molecule has 0 spiro atoms. The van der Waals surface area contributed by atoms with Crippen LogP contribution < -0.4 is 15.0 Å². The van der Waals surface area contributed by atoms with Crippen LogP contribution in [-0.4, -0.2) is 17.8 Å². The summed E-state index contributed by atoms with van der Waals surface area (Å²) in [6, 6.07) is 21.6. The topological polar surface area (TPSA) is 75.7 Å². The SMILES string of the molecule is Cc1ccc(N2C(=O)NC(=O)/C(=C/c3cc(Br)c(OCc4cccc5ccccc45)c(Br)c3)C2=O)cc1Cl. The molecule has 0 aromatic heterocycles. The standard InChI is InChI=1S/C29H19Br2ClN2O4/c1-16-9-10-20(14-25(16)32)34-28(36)22(27(35)33-29(34)37)11-17-12-23(30)26(24(31)13-17)38-15-19-7-4-6-18-5-2-3-8-21(18)19/h2-14H,15H2,1H3,(H,33,35,37)/b22-11-. The number of carbonyl (C=O) groups excluding carboxylic acids is 3. The van der Waals surface area contributed by atoms with Crippen LogP contribution in [0, 0.1) is 6.92 Å². The molecule has 0 radical (unpaired) electrons. The Kier molecular flexibility index (Phi) is 7.38. The van der Waals surface area contributed by atoms with Crippen LogP contribution in [0.5, 0.6) is 5.75 Å². The van der Waals surface area contributed by atoms with Crippen molar-refractivity contribution in [2.75, 3.05) is 4.90 Å². The van der Waals surface area contributed by atoms with Gasteiger partial charge in [0.2, 0.25) is 0 Å². The van der Waals surface area contributed by atoms with Crippen LogP contribution in [0.2, 0.25) is 5.02 Å². The zero-order valence-corrected chi connectivity index (χ0v) is 23.9. The van der Waals surface area contributed by atoms with Crippen molar-refractivity contribution < 1.29 is 19.1 Å². The molecular formula is C29H19Br2ClN2O4. The van der Waals surface area contributed by atoms with E-state index in [-0.39, 0.29) is 11.3 Å². The lowest BCUT2D eigenvalue weighted by molar-refractivity contribution is -0.122. The fourth-order valence-corrected chi connectivity index (χ4v) is 5.77. The first-order valence-electron chi connectivity index (χ1n) is 11.5. The first-order chi connectivity index (χ1) is 18.2. The highest BCUT2D eigenvalue weighted by Crippen LogP contribution is 2.37. The maximum atomic E-state index is 13.2. The largest absolute Gasteiger partial charge is 0.487 e. The van der Waals surface area contributed by atoms with Crippen molar-refractivity contribution in [1.82, 2.24) is 5.32 Å². The number of nitrogens with one attached hydrogen (secondary N) is 1. The van der Waals surface area contributed by atoms with E-state index in [0.717, 1.165) is 26.8 Å². The number of anilines is 1. The Hall–Kier alpha value is -3.46. The molecule has 6 nitrogen and oxygen atoms in total. The normalized spacial score (nSPS) is 14.8. The number of halogens is 3. The molecular weight excluding hydrogens is 636 g/mol. The predicted molar refractivity (Wildman–Crippen MR) is 155 cm³/mol. The molecule has 4 amide bonds. The number of barbiturate groups is 1. The zero-order valence-electron chi connectivity index (χ0n) is 19.9. The maximum Gasteiger partial charge on any atom is 0.335 e. The Morgan fingerprint density at radius 2 is 1.66 bits per heavy atom. The van der Waals surface area contributed by atoms with E-state index in [2.05, 4.69) is 55.4 Å². The highest BCUT2D eigenvalue weighted by molar-refractivity contribution is 9.11. The van der Waals surface area contributed by atoms with E-state index in [4.69, 9.17) is 16.3 Å². The Bertz CT molecular complexity index is 1640. The van der Waals surface area contributed by atoms with E-state index in [9.17, 15) is 14.4 Å². The summed E-state index contributed by atoms with van der Waals surface area (Å²) in [6.45, 7) is 2.15. The van der Waals surface area contributed by atoms with Gasteiger partial charge in [0.25, 0.3) is 11.8 Å².